The summed E-state index contributed by atoms with van der Waals surface area (Å²) in [5.41, 5.74) is 2.27. The summed E-state index contributed by atoms with van der Waals surface area (Å²) in [5.74, 6) is 1.46. The summed E-state index contributed by atoms with van der Waals surface area (Å²) in [7, 11) is 0. The first-order chi connectivity index (χ1) is 11.2. The van der Waals surface area contributed by atoms with Crippen LogP contribution in [0, 0.1) is 6.92 Å². The number of carbonyl (C=O) groups excluding carboxylic acids is 1. The van der Waals surface area contributed by atoms with E-state index in [4.69, 9.17) is 9.47 Å². The molecule has 2 aromatic carbocycles. The van der Waals surface area contributed by atoms with Crippen molar-refractivity contribution in [3.63, 3.8) is 0 Å². The van der Waals surface area contributed by atoms with Gasteiger partial charge in [0.05, 0.1) is 6.54 Å². The van der Waals surface area contributed by atoms with E-state index in [-0.39, 0.29) is 12.1 Å². The van der Waals surface area contributed by atoms with Gasteiger partial charge in [0.1, 0.15) is 6.61 Å². The van der Waals surface area contributed by atoms with Crippen LogP contribution in [0.25, 0.3) is 0 Å². The van der Waals surface area contributed by atoms with E-state index < -0.39 is 0 Å². The molecule has 0 spiro atoms. The predicted molar refractivity (Wildman–Crippen MR) is 87.8 cm³/mol. The molecule has 23 heavy (non-hydrogen) atoms. The van der Waals surface area contributed by atoms with Crippen molar-refractivity contribution in [2.24, 2.45) is 0 Å². The summed E-state index contributed by atoms with van der Waals surface area (Å²) >= 11 is 0. The highest BCUT2D eigenvalue weighted by Crippen LogP contribution is 2.30. The van der Waals surface area contributed by atoms with Crippen molar-refractivity contribution in [2.75, 3.05) is 13.2 Å². The number of benzene rings is 2. The lowest BCUT2D eigenvalue weighted by Crippen LogP contribution is -2.44. The number of urea groups is 1. The Morgan fingerprint density at radius 3 is 2.61 bits per heavy atom. The zero-order chi connectivity index (χ0) is 16.1. The molecule has 1 aliphatic rings. The molecule has 0 radical (unpaired) electrons. The maximum absolute atomic E-state index is 11.9. The van der Waals surface area contributed by atoms with E-state index in [0.717, 1.165) is 11.3 Å². The number of rotatable bonds is 4. The number of hydrogen-bond donors (Lipinski definition) is 2. The molecule has 3 rings (SSSR count). The second kappa shape index (κ2) is 7.05. The zero-order valence-electron chi connectivity index (χ0n) is 13.0. The number of ether oxygens (including phenoxy) is 2. The van der Waals surface area contributed by atoms with Crippen molar-refractivity contribution >= 4 is 6.03 Å². The van der Waals surface area contributed by atoms with Gasteiger partial charge < -0.3 is 20.1 Å². The normalized spacial score (nSPS) is 15.8. The minimum Gasteiger partial charge on any atom is -0.486 e. The number of aryl methyl sites for hydroxylation is 1. The van der Waals surface area contributed by atoms with Gasteiger partial charge in [-0.2, -0.15) is 0 Å². The predicted octanol–water partition coefficient (Wildman–Crippen LogP) is 2.63. The molecule has 1 heterocycles. The number of para-hydroxylation sites is 2. The Labute approximate surface area is 135 Å². The highest BCUT2D eigenvalue weighted by atomic mass is 16.6. The van der Waals surface area contributed by atoms with E-state index in [1.54, 1.807) is 0 Å². The van der Waals surface area contributed by atoms with Crippen LogP contribution in [-0.2, 0) is 6.54 Å². The van der Waals surface area contributed by atoms with E-state index in [9.17, 15) is 4.79 Å². The third-order valence-corrected chi connectivity index (χ3v) is 3.63. The smallest absolute Gasteiger partial charge is 0.315 e. The molecule has 1 atom stereocenters. The summed E-state index contributed by atoms with van der Waals surface area (Å²) in [6, 6.07) is 15.4. The summed E-state index contributed by atoms with van der Waals surface area (Å²) in [4.78, 5) is 11.9. The Hall–Kier alpha value is -2.69. The molecule has 0 fully saturated rings. The van der Waals surface area contributed by atoms with Gasteiger partial charge in [-0.15, -0.1) is 0 Å². The van der Waals surface area contributed by atoms with Gasteiger partial charge in [-0.25, -0.2) is 4.79 Å². The Bertz CT molecular complexity index is 670. The van der Waals surface area contributed by atoms with Crippen molar-refractivity contribution in [1.82, 2.24) is 10.6 Å². The molecule has 0 aliphatic carbocycles. The maximum Gasteiger partial charge on any atom is 0.315 e. The SMILES string of the molecule is Cc1ccc(CNC(=O)NC[C@H]2COc3ccccc3O2)cc1. The zero-order valence-corrected chi connectivity index (χ0v) is 13.0. The molecular weight excluding hydrogens is 292 g/mol. The molecule has 0 saturated carbocycles. The van der Waals surface area contributed by atoms with Gasteiger partial charge in [0.25, 0.3) is 0 Å². The van der Waals surface area contributed by atoms with Crippen LogP contribution in [-0.4, -0.2) is 25.3 Å². The fourth-order valence-corrected chi connectivity index (χ4v) is 2.32. The largest absolute Gasteiger partial charge is 0.486 e. The average Bonchev–Trinajstić information content (AvgIpc) is 2.59. The van der Waals surface area contributed by atoms with E-state index in [2.05, 4.69) is 10.6 Å². The summed E-state index contributed by atoms with van der Waals surface area (Å²) in [6.07, 6.45) is -0.185. The van der Waals surface area contributed by atoms with Gasteiger partial charge in [0, 0.05) is 6.54 Å². The highest BCUT2D eigenvalue weighted by molar-refractivity contribution is 5.73. The Morgan fingerprint density at radius 2 is 1.83 bits per heavy atom. The summed E-state index contributed by atoms with van der Waals surface area (Å²) in [5, 5.41) is 5.64. The third-order valence-electron chi connectivity index (χ3n) is 3.63. The Kier molecular flexibility index (Phi) is 4.66. The summed E-state index contributed by atoms with van der Waals surface area (Å²) in [6.45, 7) is 3.36. The van der Waals surface area contributed by atoms with Crippen LogP contribution in [0.2, 0.25) is 0 Å². The molecule has 0 unspecified atom stereocenters. The number of amides is 2. The van der Waals surface area contributed by atoms with Gasteiger partial charge in [0.2, 0.25) is 0 Å². The fraction of sp³-hybridized carbons (Fsp3) is 0.278. The van der Waals surface area contributed by atoms with Gasteiger partial charge in [-0.05, 0) is 24.6 Å². The Morgan fingerprint density at radius 1 is 1.09 bits per heavy atom. The summed E-state index contributed by atoms with van der Waals surface area (Å²) < 4.78 is 11.4. The first-order valence-electron chi connectivity index (χ1n) is 7.66. The average molecular weight is 312 g/mol. The molecule has 0 bridgehead atoms. The number of nitrogens with one attached hydrogen (secondary N) is 2. The van der Waals surface area contributed by atoms with Gasteiger partial charge in [-0.1, -0.05) is 42.0 Å². The second-order valence-corrected chi connectivity index (χ2v) is 5.55. The Balaban J connectivity index is 1.42. The molecule has 0 aromatic heterocycles. The molecule has 2 aromatic rings. The van der Waals surface area contributed by atoms with E-state index in [1.807, 2.05) is 55.5 Å². The molecule has 0 saturated heterocycles. The minimum atomic E-state index is -0.215. The second-order valence-electron chi connectivity index (χ2n) is 5.55. The van der Waals surface area contributed by atoms with Crippen molar-refractivity contribution in [3.05, 3.63) is 59.7 Å². The van der Waals surface area contributed by atoms with Crippen LogP contribution in [0.15, 0.2) is 48.5 Å². The van der Waals surface area contributed by atoms with Gasteiger partial charge in [-0.3, -0.25) is 0 Å². The number of hydrogen-bond acceptors (Lipinski definition) is 3. The van der Waals surface area contributed by atoms with Gasteiger partial charge >= 0.3 is 6.03 Å². The van der Waals surface area contributed by atoms with Crippen molar-refractivity contribution in [1.29, 1.82) is 0 Å². The van der Waals surface area contributed by atoms with Crippen molar-refractivity contribution < 1.29 is 14.3 Å². The van der Waals surface area contributed by atoms with Gasteiger partial charge in [0.15, 0.2) is 17.6 Å². The standard InChI is InChI=1S/C18H20N2O3/c1-13-6-8-14(9-7-13)10-19-18(21)20-11-15-12-22-16-4-2-3-5-17(16)23-15/h2-9,15H,10-12H2,1H3,(H2,19,20,21)/t15-/m0/s1. The highest BCUT2D eigenvalue weighted by Gasteiger charge is 2.20. The van der Waals surface area contributed by atoms with E-state index in [1.165, 1.54) is 5.56 Å². The lowest BCUT2D eigenvalue weighted by Gasteiger charge is -2.26. The van der Waals surface area contributed by atoms with Crippen molar-refractivity contribution in [3.8, 4) is 11.5 Å². The van der Waals surface area contributed by atoms with E-state index in [0.29, 0.717) is 25.4 Å². The van der Waals surface area contributed by atoms with Crippen LogP contribution in [0.3, 0.4) is 0 Å². The first kappa shape index (κ1) is 15.2. The molecule has 1 aliphatic heterocycles. The molecule has 2 amide bonds. The fourth-order valence-electron chi connectivity index (χ4n) is 2.32. The molecule has 120 valence electrons. The number of carbonyl (C=O) groups is 1. The molecule has 2 N–H and O–H groups in total. The first-order valence-corrected chi connectivity index (χ1v) is 7.66. The molecular formula is C18H20N2O3. The topological polar surface area (TPSA) is 59.6 Å². The lowest BCUT2D eigenvalue weighted by atomic mass is 10.1. The van der Waals surface area contributed by atoms with Crippen molar-refractivity contribution in [2.45, 2.75) is 19.6 Å². The van der Waals surface area contributed by atoms with Crippen LogP contribution >= 0.6 is 0 Å². The molecule has 5 nitrogen and oxygen atoms in total. The third kappa shape index (κ3) is 4.16. The lowest BCUT2D eigenvalue weighted by molar-refractivity contribution is 0.0918. The quantitative estimate of drug-likeness (QED) is 0.912. The molecule has 5 heteroatoms. The van der Waals surface area contributed by atoms with Crippen LogP contribution < -0.4 is 20.1 Å². The van der Waals surface area contributed by atoms with Crippen LogP contribution in [0.1, 0.15) is 11.1 Å². The maximum atomic E-state index is 11.9. The monoisotopic (exact) mass is 312 g/mol. The van der Waals surface area contributed by atoms with E-state index >= 15 is 0 Å². The minimum absolute atomic E-state index is 0.185. The van der Waals surface area contributed by atoms with Crippen LogP contribution in [0.4, 0.5) is 4.79 Å². The van der Waals surface area contributed by atoms with Crippen LogP contribution in [0.5, 0.6) is 11.5 Å². The number of fused-ring (bicyclic) bond motifs is 1.